The van der Waals surface area contributed by atoms with Gasteiger partial charge in [-0.05, 0) is 55.2 Å². The van der Waals surface area contributed by atoms with E-state index in [2.05, 4.69) is 10.4 Å². The zero-order valence-electron chi connectivity index (χ0n) is 20.4. The molecule has 1 saturated carbocycles. The van der Waals surface area contributed by atoms with Crippen molar-refractivity contribution in [2.24, 2.45) is 5.92 Å². The van der Waals surface area contributed by atoms with E-state index in [4.69, 9.17) is 9.47 Å². The van der Waals surface area contributed by atoms with Crippen molar-refractivity contribution in [3.05, 3.63) is 60.0 Å². The molecule has 0 spiro atoms. The van der Waals surface area contributed by atoms with Crippen LogP contribution in [0.15, 0.2) is 48.5 Å². The number of amides is 1. The predicted octanol–water partition coefficient (Wildman–Crippen LogP) is 4.85. The van der Waals surface area contributed by atoms with Crippen LogP contribution in [0.4, 0.5) is 4.39 Å². The first-order valence-corrected chi connectivity index (χ1v) is 12.0. The van der Waals surface area contributed by atoms with Crippen LogP contribution >= 0.6 is 0 Å². The van der Waals surface area contributed by atoms with E-state index in [0.29, 0.717) is 28.4 Å². The largest absolute Gasteiger partial charge is 0.496 e. The number of carboxylic acid groups (broad SMARTS) is 1. The SMILES string of the molecule is COc1cccc(OC)c1-c1cc(C(=O)NC(CC(=O)O)C2CCCCC2)nn1-c1cccc(F)c1. The average molecular weight is 496 g/mol. The number of benzene rings is 2. The summed E-state index contributed by atoms with van der Waals surface area (Å²) in [6, 6.07) is 12.2. The molecule has 0 bridgehead atoms. The fraction of sp³-hybridized carbons (Fsp3) is 0.370. The number of carbonyl (C=O) groups excluding carboxylic acids is 1. The van der Waals surface area contributed by atoms with Gasteiger partial charge in [0.05, 0.1) is 37.6 Å². The summed E-state index contributed by atoms with van der Waals surface area (Å²) in [5.41, 5.74) is 1.50. The molecule has 8 nitrogen and oxygen atoms in total. The third-order valence-corrected chi connectivity index (χ3v) is 6.61. The number of rotatable bonds is 9. The Kier molecular flexibility index (Phi) is 7.87. The lowest BCUT2D eigenvalue weighted by Crippen LogP contribution is -2.42. The van der Waals surface area contributed by atoms with E-state index < -0.39 is 23.7 Å². The maximum absolute atomic E-state index is 14.1. The van der Waals surface area contributed by atoms with E-state index in [0.717, 1.165) is 32.1 Å². The van der Waals surface area contributed by atoms with Crippen molar-refractivity contribution in [3.63, 3.8) is 0 Å². The number of aromatic nitrogens is 2. The Morgan fingerprint density at radius 2 is 1.75 bits per heavy atom. The van der Waals surface area contributed by atoms with Crippen molar-refractivity contribution >= 4 is 11.9 Å². The minimum atomic E-state index is -0.962. The number of nitrogens with zero attached hydrogens (tertiary/aromatic N) is 2. The van der Waals surface area contributed by atoms with Crippen molar-refractivity contribution in [1.82, 2.24) is 15.1 Å². The van der Waals surface area contributed by atoms with Crippen molar-refractivity contribution < 1.29 is 28.6 Å². The van der Waals surface area contributed by atoms with E-state index in [-0.39, 0.29) is 18.0 Å². The summed E-state index contributed by atoms with van der Waals surface area (Å²) in [4.78, 5) is 24.9. The van der Waals surface area contributed by atoms with E-state index in [1.807, 2.05) is 0 Å². The molecule has 1 amide bonds. The summed E-state index contributed by atoms with van der Waals surface area (Å²) in [5.74, 6) is -0.828. The van der Waals surface area contributed by atoms with Gasteiger partial charge in [-0.15, -0.1) is 0 Å². The van der Waals surface area contributed by atoms with E-state index in [1.54, 1.807) is 36.4 Å². The monoisotopic (exact) mass is 495 g/mol. The van der Waals surface area contributed by atoms with Crippen LogP contribution in [0.1, 0.15) is 49.0 Å². The number of halogens is 1. The Hall–Kier alpha value is -3.88. The van der Waals surface area contributed by atoms with Crippen molar-refractivity contribution in [2.75, 3.05) is 14.2 Å². The molecule has 4 rings (SSSR count). The van der Waals surface area contributed by atoms with Crippen LogP contribution in [-0.2, 0) is 4.79 Å². The minimum absolute atomic E-state index is 0.0772. The van der Waals surface area contributed by atoms with Gasteiger partial charge in [0.1, 0.15) is 17.3 Å². The first-order valence-electron chi connectivity index (χ1n) is 12.0. The van der Waals surface area contributed by atoms with Gasteiger partial charge in [0.15, 0.2) is 5.69 Å². The average Bonchev–Trinajstić information content (AvgIpc) is 3.33. The van der Waals surface area contributed by atoms with Gasteiger partial charge in [0.2, 0.25) is 0 Å². The fourth-order valence-corrected chi connectivity index (χ4v) is 4.88. The van der Waals surface area contributed by atoms with Gasteiger partial charge in [-0.3, -0.25) is 9.59 Å². The van der Waals surface area contributed by atoms with Crippen LogP contribution in [0.3, 0.4) is 0 Å². The number of ether oxygens (including phenoxy) is 2. The summed E-state index contributed by atoms with van der Waals surface area (Å²) in [5, 5.41) is 16.9. The van der Waals surface area contributed by atoms with Gasteiger partial charge in [-0.25, -0.2) is 9.07 Å². The Morgan fingerprint density at radius 3 is 2.36 bits per heavy atom. The number of carbonyl (C=O) groups is 2. The highest BCUT2D eigenvalue weighted by atomic mass is 19.1. The lowest BCUT2D eigenvalue weighted by Gasteiger charge is -2.29. The van der Waals surface area contributed by atoms with Gasteiger partial charge in [0.25, 0.3) is 5.91 Å². The van der Waals surface area contributed by atoms with Gasteiger partial charge in [-0.2, -0.15) is 5.10 Å². The Morgan fingerprint density at radius 1 is 1.08 bits per heavy atom. The minimum Gasteiger partial charge on any atom is -0.496 e. The fourth-order valence-electron chi connectivity index (χ4n) is 4.88. The molecule has 1 atom stereocenters. The Labute approximate surface area is 209 Å². The van der Waals surface area contributed by atoms with Gasteiger partial charge >= 0.3 is 5.97 Å². The topological polar surface area (TPSA) is 103 Å². The summed E-state index contributed by atoms with van der Waals surface area (Å²) < 4.78 is 26.7. The van der Waals surface area contributed by atoms with Crippen LogP contribution in [0, 0.1) is 11.7 Å². The second kappa shape index (κ2) is 11.2. The maximum Gasteiger partial charge on any atom is 0.305 e. The number of nitrogens with one attached hydrogen (secondary N) is 1. The first kappa shape index (κ1) is 25.2. The standard InChI is InChI=1S/C27H30FN3O5/c1-35-23-12-7-13-24(36-2)26(23)22-15-21(30-31(22)19-11-6-10-18(28)14-19)27(34)29-20(16-25(32)33)17-8-4-3-5-9-17/h6-7,10-15,17,20H,3-5,8-9,16H2,1-2H3,(H,29,34)(H,32,33). The lowest BCUT2D eigenvalue weighted by atomic mass is 9.82. The third-order valence-electron chi connectivity index (χ3n) is 6.61. The first-order chi connectivity index (χ1) is 17.4. The quantitative estimate of drug-likeness (QED) is 0.440. The van der Waals surface area contributed by atoms with Crippen LogP contribution in [-0.4, -0.2) is 47.0 Å². The zero-order chi connectivity index (χ0) is 25.7. The number of hydrogen-bond acceptors (Lipinski definition) is 5. The molecular weight excluding hydrogens is 465 g/mol. The van der Waals surface area contributed by atoms with E-state index in [1.165, 1.54) is 31.0 Å². The molecule has 1 heterocycles. The van der Waals surface area contributed by atoms with Crippen molar-refractivity contribution in [1.29, 1.82) is 0 Å². The molecule has 1 aliphatic rings. The summed E-state index contributed by atoms with van der Waals surface area (Å²) in [6.45, 7) is 0. The number of aliphatic carboxylic acids is 1. The van der Waals surface area contributed by atoms with Gasteiger partial charge in [0, 0.05) is 6.04 Å². The van der Waals surface area contributed by atoms with Crippen LogP contribution < -0.4 is 14.8 Å². The lowest BCUT2D eigenvalue weighted by molar-refractivity contribution is -0.137. The molecule has 1 fully saturated rings. The normalized spacial score (nSPS) is 14.8. The molecular formula is C27H30FN3O5. The molecule has 1 unspecified atom stereocenters. The predicted molar refractivity (Wildman–Crippen MR) is 132 cm³/mol. The molecule has 0 saturated heterocycles. The molecule has 9 heteroatoms. The van der Waals surface area contributed by atoms with Crippen LogP contribution in [0.5, 0.6) is 11.5 Å². The van der Waals surface area contributed by atoms with Crippen molar-refractivity contribution in [3.8, 4) is 28.4 Å². The van der Waals surface area contributed by atoms with Crippen LogP contribution in [0.25, 0.3) is 16.9 Å². The summed E-state index contributed by atoms with van der Waals surface area (Å²) >= 11 is 0. The number of methoxy groups -OCH3 is 2. The second-order valence-corrected chi connectivity index (χ2v) is 8.92. The number of carboxylic acids is 1. The Balaban J connectivity index is 1.77. The number of hydrogen-bond donors (Lipinski definition) is 2. The highest BCUT2D eigenvalue weighted by molar-refractivity contribution is 5.94. The third kappa shape index (κ3) is 5.50. The van der Waals surface area contributed by atoms with E-state index in [9.17, 15) is 19.1 Å². The van der Waals surface area contributed by atoms with Gasteiger partial charge < -0.3 is 19.9 Å². The smallest absolute Gasteiger partial charge is 0.305 e. The molecule has 1 aromatic heterocycles. The molecule has 0 aliphatic heterocycles. The summed E-state index contributed by atoms with van der Waals surface area (Å²) in [7, 11) is 3.05. The molecule has 0 radical (unpaired) electrons. The highest BCUT2D eigenvalue weighted by Gasteiger charge is 2.29. The molecule has 2 aromatic carbocycles. The van der Waals surface area contributed by atoms with Crippen molar-refractivity contribution in [2.45, 2.75) is 44.6 Å². The molecule has 1 aliphatic carbocycles. The molecule has 3 aromatic rings. The molecule has 190 valence electrons. The van der Waals surface area contributed by atoms with E-state index >= 15 is 0 Å². The Bertz CT molecular complexity index is 1210. The van der Waals surface area contributed by atoms with Crippen LogP contribution in [0.2, 0.25) is 0 Å². The maximum atomic E-state index is 14.1. The highest BCUT2D eigenvalue weighted by Crippen LogP contribution is 2.39. The summed E-state index contributed by atoms with van der Waals surface area (Å²) in [6.07, 6.45) is 4.74. The zero-order valence-corrected chi connectivity index (χ0v) is 20.4. The molecule has 36 heavy (non-hydrogen) atoms. The van der Waals surface area contributed by atoms with Gasteiger partial charge in [-0.1, -0.05) is 31.4 Å². The second-order valence-electron chi connectivity index (χ2n) is 8.92. The molecule has 2 N–H and O–H groups in total.